The van der Waals surface area contributed by atoms with Gasteiger partial charge in [-0.2, -0.15) is 0 Å². The van der Waals surface area contributed by atoms with Gasteiger partial charge >= 0.3 is 0 Å². The molecule has 2 saturated heterocycles. The Morgan fingerprint density at radius 1 is 1.50 bits per heavy atom. The second kappa shape index (κ2) is 4.28. The number of methoxy groups -OCH3 is 1. The number of hydrogen-bond acceptors (Lipinski definition) is 3. The molecule has 1 N–H and O–H groups in total. The number of nitrogens with zero attached hydrogens (tertiary/aromatic N) is 1. The van der Waals surface area contributed by atoms with Crippen LogP contribution in [0.15, 0.2) is 0 Å². The minimum Gasteiger partial charge on any atom is -0.380 e. The minimum absolute atomic E-state index is 0.0746. The fraction of sp³-hybridized carbons (Fsp3) is 0.900. The maximum atomic E-state index is 11.9. The van der Waals surface area contributed by atoms with Crippen LogP contribution in [0, 0.1) is 0 Å². The van der Waals surface area contributed by atoms with E-state index in [1.165, 1.54) is 0 Å². The van der Waals surface area contributed by atoms with Gasteiger partial charge in [0.05, 0.1) is 12.1 Å². The van der Waals surface area contributed by atoms with Crippen molar-refractivity contribution in [1.29, 1.82) is 0 Å². The topological polar surface area (TPSA) is 41.6 Å². The van der Waals surface area contributed by atoms with Crippen molar-refractivity contribution in [3.8, 4) is 0 Å². The van der Waals surface area contributed by atoms with E-state index in [-0.39, 0.29) is 18.1 Å². The lowest BCUT2D eigenvalue weighted by Gasteiger charge is -2.20. The molecule has 4 heteroatoms. The van der Waals surface area contributed by atoms with Gasteiger partial charge in [-0.05, 0) is 25.8 Å². The third kappa shape index (κ3) is 1.91. The van der Waals surface area contributed by atoms with Gasteiger partial charge < -0.3 is 15.0 Å². The molecule has 0 aliphatic carbocycles. The Labute approximate surface area is 84.6 Å². The summed E-state index contributed by atoms with van der Waals surface area (Å²) < 4.78 is 5.24. The van der Waals surface area contributed by atoms with Gasteiger partial charge in [-0.1, -0.05) is 0 Å². The molecule has 0 radical (unpaired) electrons. The zero-order valence-corrected chi connectivity index (χ0v) is 8.66. The molecule has 2 heterocycles. The summed E-state index contributed by atoms with van der Waals surface area (Å²) in [6.07, 6.45) is 3.35. The molecule has 14 heavy (non-hydrogen) atoms. The second-order valence-electron chi connectivity index (χ2n) is 4.08. The standard InChI is InChI=1S/C10H18N2O2/c1-14-8-4-6-12(7-8)10(13)9-3-2-5-11-9/h8-9,11H,2-7H2,1H3/t8-,9?/m0/s1. The first-order chi connectivity index (χ1) is 6.81. The van der Waals surface area contributed by atoms with E-state index in [1.807, 2.05) is 4.90 Å². The Hall–Kier alpha value is -0.610. The summed E-state index contributed by atoms with van der Waals surface area (Å²) in [5.74, 6) is 0.266. The normalized spacial score (nSPS) is 32.5. The molecule has 0 aromatic rings. The van der Waals surface area contributed by atoms with Crippen molar-refractivity contribution in [3.63, 3.8) is 0 Å². The molecule has 2 fully saturated rings. The second-order valence-corrected chi connectivity index (χ2v) is 4.08. The molecule has 80 valence electrons. The maximum Gasteiger partial charge on any atom is 0.239 e. The van der Waals surface area contributed by atoms with Gasteiger partial charge in [-0.3, -0.25) is 4.79 Å². The monoisotopic (exact) mass is 198 g/mol. The van der Waals surface area contributed by atoms with Gasteiger partial charge in [-0.25, -0.2) is 0 Å². The Kier molecular flexibility index (Phi) is 3.03. The first-order valence-corrected chi connectivity index (χ1v) is 5.36. The summed E-state index contributed by atoms with van der Waals surface area (Å²) in [7, 11) is 1.71. The van der Waals surface area contributed by atoms with Gasteiger partial charge in [0, 0.05) is 20.2 Å². The number of amides is 1. The van der Waals surface area contributed by atoms with Crippen LogP contribution in [0.4, 0.5) is 0 Å². The summed E-state index contributed by atoms with van der Waals surface area (Å²) in [5, 5.41) is 3.23. The van der Waals surface area contributed by atoms with Crippen molar-refractivity contribution in [3.05, 3.63) is 0 Å². The third-order valence-corrected chi connectivity index (χ3v) is 3.15. The highest BCUT2D eigenvalue weighted by Gasteiger charge is 2.31. The highest BCUT2D eigenvalue weighted by Crippen LogP contribution is 2.16. The van der Waals surface area contributed by atoms with E-state index in [9.17, 15) is 4.79 Å². The first-order valence-electron chi connectivity index (χ1n) is 5.36. The number of rotatable bonds is 2. The van der Waals surface area contributed by atoms with Gasteiger partial charge in [-0.15, -0.1) is 0 Å². The van der Waals surface area contributed by atoms with Crippen LogP contribution in [0.2, 0.25) is 0 Å². The Balaban J connectivity index is 1.86. The van der Waals surface area contributed by atoms with Crippen molar-refractivity contribution in [1.82, 2.24) is 10.2 Å². The van der Waals surface area contributed by atoms with Crippen molar-refractivity contribution in [2.75, 3.05) is 26.7 Å². The van der Waals surface area contributed by atoms with E-state index in [1.54, 1.807) is 7.11 Å². The van der Waals surface area contributed by atoms with Crippen LogP contribution < -0.4 is 5.32 Å². The summed E-state index contributed by atoms with van der Waals surface area (Å²) in [5.41, 5.74) is 0. The van der Waals surface area contributed by atoms with Crippen LogP contribution in [-0.4, -0.2) is 49.7 Å². The Morgan fingerprint density at radius 2 is 2.36 bits per heavy atom. The van der Waals surface area contributed by atoms with Gasteiger partial charge in [0.25, 0.3) is 0 Å². The molecule has 4 nitrogen and oxygen atoms in total. The number of nitrogens with one attached hydrogen (secondary N) is 1. The van der Waals surface area contributed by atoms with E-state index in [0.29, 0.717) is 0 Å². The molecule has 1 amide bonds. The van der Waals surface area contributed by atoms with E-state index >= 15 is 0 Å². The quantitative estimate of drug-likeness (QED) is 0.678. The highest BCUT2D eigenvalue weighted by atomic mass is 16.5. The van der Waals surface area contributed by atoms with E-state index in [0.717, 1.165) is 38.9 Å². The lowest BCUT2D eigenvalue weighted by Crippen LogP contribution is -2.42. The van der Waals surface area contributed by atoms with Gasteiger partial charge in [0.1, 0.15) is 0 Å². The smallest absolute Gasteiger partial charge is 0.239 e. The van der Waals surface area contributed by atoms with Crippen LogP contribution in [0.25, 0.3) is 0 Å². The molecule has 2 aliphatic rings. The van der Waals surface area contributed by atoms with Crippen LogP contribution in [0.1, 0.15) is 19.3 Å². The molecule has 2 rings (SSSR count). The van der Waals surface area contributed by atoms with Crippen molar-refractivity contribution in [2.45, 2.75) is 31.4 Å². The van der Waals surface area contributed by atoms with Crippen molar-refractivity contribution < 1.29 is 9.53 Å². The Bertz CT molecular complexity index is 214. The fourth-order valence-electron chi connectivity index (χ4n) is 2.24. The van der Waals surface area contributed by atoms with Crippen LogP contribution in [-0.2, 0) is 9.53 Å². The molecule has 1 unspecified atom stereocenters. The molecule has 0 aromatic carbocycles. The van der Waals surface area contributed by atoms with Crippen LogP contribution in [0.3, 0.4) is 0 Å². The zero-order chi connectivity index (χ0) is 9.97. The molecule has 0 bridgehead atoms. The van der Waals surface area contributed by atoms with Crippen LogP contribution in [0.5, 0.6) is 0 Å². The summed E-state index contributed by atoms with van der Waals surface area (Å²) in [6.45, 7) is 2.61. The van der Waals surface area contributed by atoms with Crippen LogP contribution >= 0.6 is 0 Å². The average molecular weight is 198 g/mol. The van der Waals surface area contributed by atoms with E-state index in [4.69, 9.17) is 4.74 Å². The van der Waals surface area contributed by atoms with E-state index in [2.05, 4.69) is 5.32 Å². The average Bonchev–Trinajstić information content (AvgIpc) is 2.88. The molecule has 2 atom stereocenters. The van der Waals surface area contributed by atoms with Gasteiger partial charge in [0.2, 0.25) is 5.91 Å². The number of carbonyl (C=O) groups excluding carboxylic acids is 1. The fourth-order valence-corrected chi connectivity index (χ4v) is 2.24. The first kappa shape index (κ1) is 9.93. The summed E-state index contributed by atoms with van der Waals surface area (Å²) in [6, 6.07) is 0.0746. The maximum absolute atomic E-state index is 11.9. The number of hydrogen-bond donors (Lipinski definition) is 1. The highest BCUT2D eigenvalue weighted by molar-refractivity contribution is 5.82. The molecule has 0 spiro atoms. The summed E-state index contributed by atoms with van der Waals surface area (Å²) >= 11 is 0. The largest absolute Gasteiger partial charge is 0.380 e. The lowest BCUT2D eigenvalue weighted by molar-refractivity contribution is -0.132. The summed E-state index contributed by atoms with van der Waals surface area (Å²) in [4.78, 5) is 13.8. The molecular formula is C10H18N2O2. The molecule has 0 aromatic heterocycles. The van der Waals surface area contributed by atoms with Crippen molar-refractivity contribution >= 4 is 5.91 Å². The van der Waals surface area contributed by atoms with Crippen molar-refractivity contribution in [2.24, 2.45) is 0 Å². The number of likely N-dealkylation sites (tertiary alicyclic amines) is 1. The lowest BCUT2D eigenvalue weighted by atomic mass is 10.2. The van der Waals surface area contributed by atoms with Gasteiger partial charge in [0.15, 0.2) is 0 Å². The molecular weight excluding hydrogens is 180 g/mol. The predicted molar refractivity (Wildman–Crippen MR) is 53.0 cm³/mol. The SMILES string of the molecule is CO[C@H]1CCN(C(=O)C2CCCN2)C1. The van der Waals surface area contributed by atoms with E-state index < -0.39 is 0 Å². The third-order valence-electron chi connectivity index (χ3n) is 3.15. The number of ether oxygens (including phenoxy) is 1. The number of carbonyl (C=O) groups is 1. The molecule has 0 saturated carbocycles. The molecule has 2 aliphatic heterocycles. The zero-order valence-electron chi connectivity index (χ0n) is 8.66. The Morgan fingerprint density at radius 3 is 2.93 bits per heavy atom. The predicted octanol–water partition coefficient (Wildman–Crippen LogP) is -0.0143. The minimum atomic E-state index is 0.0746.